The van der Waals surface area contributed by atoms with Crippen molar-refractivity contribution in [3.8, 4) is 0 Å². The summed E-state index contributed by atoms with van der Waals surface area (Å²) in [4.78, 5) is 4.60. The van der Waals surface area contributed by atoms with Gasteiger partial charge in [0.15, 0.2) is 5.96 Å². The molecular weight excluding hydrogens is 446 g/mol. The lowest BCUT2D eigenvalue weighted by atomic mass is 10.1. The Kier molecular flexibility index (Phi) is 9.61. The highest BCUT2D eigenvalue weighted by Gasteiger charge is 2.08. The summed E-state index contributed by atoms with van der Waals surface area (Å²) in [6, 6.07) is 4.91. The molecule has 0 bridgehead atoms. The molecule has 26 heavy (non-hydrogen) atoms. The fourth-order valence-corrected chi connectivity index (χ4v) is 2.74. The number of aliphatic imine (C=N–C) groups is 1. The van der Waals surface area contributed by atoms with E-state index in [-0.39, 0.29) is 29.8 Å². The van der Waals surface area contributed by atoms with Crippen molar-refractivity contribution in [2.24, 2.45) is 4.99 Å². The highest BCUT2D eigenvalue weighted by atomic mass is 127. The van der Waals surface area contributed by atoms with Gasteiger partial charge in [-0.15, -0.1) is 24.0 Å². The minimum atomic E-state index is -0.191. The molecule has 144 valence electrons. The van der Waals surface area contributed by atoms with Gasteiger partial charge in [0.25, 0.3) is 0 Å². The van der Waals surface area contributed by atoms with Crippen molar-refractivity contribution in [2.75, 3.05) is 19.6 Å². The first-order valence-corrected chi connectivity index (χ1v) is 8.70. The van der Waals surface area contributed by atoms with E-state index in [0.29, 0.717) is 6.54 Å². The molecule has 7 heteroatoms. The Morgan fingerprint density at radius 3 is 2.58 bits per heavy atom. The van der Waals surface area contributed by atoms with Crippen molar-refractivity contribution >= 4 is 29.9 Å². The zero-order valence-electron chi connectivity index (χ0n) is 15.9. The molecule has 0 fully saturated rings. The lowest BCUT2D eigenvalue weighted by Crippen LogP contribution is -2.38. The number of nitrogens with one attached hydrogen (secondary N) is 2. The van der Waals surface area contributed by atoms with Gasteiger partial charge in [-0.1, -0.05) is 11.2 Å². The van der Waals surface area contributed by atoms with Crippen LogP contribution in [0.3, 0.4) is 0 Å². The topological polar surface area (TPSA) is 62.5 Å². The summed E-state index contributed by atoms with van der Waals surface area (Å²) in [5.74, 6) is 1.45. The fourth-order valence-electron chi connectivity index (χ4n) is 2.74. The van der Waals surface area contributed by atoms with Crippen LogP contribution in [0.4, 0.5) is 4.39 Å². The van der Waals surface area contributed by atoms with E-state index in [1.54, 1.807) is 6.07 Å². The van der Waals surface area contributed by atoms with E-state index < -0.39 is 0 Å². The van der Waals surface area contributed by atoms with Crippen LogP contribution >= 0.6 is 24.0 Å². The molecule has 0 aliphatic rings. The number of halogens is 2. The number of nitrogens with zero attached hydrogens (tertiary/aromatic N) is 2. The second-order valence-electron chi connectivity index (χ2n) is 6.06. The Hall–Kier alpha value is -1.64. The first-order valence-electron chi connectivity index (χ1n) is 8.70. The van der Waals surface area contributed by atoms with Gasteiger partial charge in [0.05, 0.1) is 5.69 Å². The summed E-state index contributed by atoms with van der Waals surface area (Å²) in [6.45, 7) is 10.0. The molecule has 2 aromatic rings. The molecule has 0 saturated carbocycles. The number of benzene rings is 1. The summed E-state index contributed by atoms with van der Waals surface area (Å²) < 4.78 is 18.3. The molecule has 0 aliphatic heterocycles. The number of guanidine groups is 1. The molecule has 2 N–H and O–H groups in total. The van der Waals surface area contributed by atoms with Gasteiger partial charge < -0.3 is 15.2 Å². The van der Waals surface area contributed by atoms with Crippen LogP contribution in [0.5, 0.6) is 0 Å². The summed E-state index contributed by atoms with van der Waals surface area (Å²) in [6.07, 6.45) is 1.62. The molecule has 0 unspecified atom stereocenters. The van der Waals surface area contributed by atoms with E-state index in [1.807, 2.05) is 33.8 Å². The quantitative estimate of drug-likeness (QED) is 0.365. The Bertz CT molecular complexity index is 711. The average molecular weight is 474 g/mol. The Morgan fingerprint density at radius 1 is 1.19 bits per heavy atom. The zero-order valence-corrected chi connectivity index (χ0v) is 18.2. The maximum atomic E-state index is 13.2. The van der Waals surface area contributed by atoms with Gasteiger partial charge >= 0.3 is 0 Å². The fraction of sp³-hybridized carbons (Fsp3) is 0.474. The van der Waals surface area contributed by atoms with Gasteiger partial charge in [-0.25, -0.2) is 4.39 Å². The van der Waals surface area contributed by atoms with Gasteiger partial charge in [-0.2, -0.15) is 0 Å². The predicted octanol–water partition coefficient (Wildman–Crippen LogP) is 3.70. The number of hydrogen-bond donors (Lipinski definition) is 2. The molecule has 0 atom stereocenters. The Labute approximate surface area is 171 Å². The molecule has 0 amide bonds. The normalized spacial score (nSPS) is 11.2. The van der Waals surface area contributed by atoms with Crippen molar-refractivity contribution < 1.29 is 8.91 Å². The van der Waals surface area contributed by atoms with Crippen LogP contribution in [0, 0.1) is 26.6 Å². The van der Waals surface area contributed by atoms with Crippen LogP contribution in [0.15, 0.2) is 27.7 Å². The number of hydrogen-bond acceptors (Lipinski definition) is 3. The largest absolute Gasteiger partial charge is 0.361 e. The van der Waals surface area contributed by atoms with Gasteiger partial charge in [0.1, 0.15) is 11.6 Å². The van der Waals surface area contributed by atoms with E-state index in [2.05, 4.69) is 20.8 Å². The van der Waals surface area contributed by atoms with Crippen molar-refractivity contribution in [1.29, 1.82) is 0 Å². The SMILES string of the molecule is CCNC(=NCCc1c(C)noc1C)NCCc1ccc(F)cc1C.I. The van der Waals surface area contributed by atoms with Crippen LogP contribution in [0.1, 0.15) is 35.1 Å². The van der Waals surface area contributed by atoms with Gasteiger partial charge in [0.2, 0.25) is 0 Å². The van der Waals surface area contributed by atoms with Crippen LogP contribution < -0.4 is 10.6 Å². The van der Waals surface area contributed by atoms with Crippen molar-refractivity contribution in [2.45, 2.75) is 40.5 Å². The molecule has 0 radical (unpaired) electrons. The minimum absolute atomic E-state index is 0. The first kappa shape index (κ1) is 22.4. The van der Waals surface area contributed by atoms with Gasteiger partial charge in [-0.3, -0.25) is 4.99 Å². The molecular formula is C19H28FIN4O. The highest BCUT2D eigenvalue weighted by Crippen LogP contribution is 2.12. The van der Waals surface area contributed by atoms with Crippen LogP contribution in [0.2, 0.25) is 0 Å². The van der Waals surface area contributed by atoms with Crippen molar-refractivity contribution in [3.05, 3.63) is 52.2 Å². The molecule has 1 heterocycles. The predicted molar refractivity (Wildman–Crippen MR) is 114 cm³/mol. The van der Waals surface area contributed by atoms with Crippen molar-refractivity contribution in [1.82, 2.24) is 15.8 Å². The second kappa shape index (κ2) is 11.2. The Balaban J connectivity index is 0.00000338. The highest BCUT2D eigenvalue weighted by molar-refractivity contribution is 14.0. The summed E-state index contributed by atoms with van der Waals surface area (Å²) in [7, 11) is 0. The number of aryl methyl sites for hydroxylation is 3. The maximum absolute atomic E-state index is 13.2. The molecule has 1 aromatic carbocycles. The molecule has 1 aromatic heterocycles. The third-order valence-electron chi connectivity index (χ3n) is 4.15. The van der Waals surface area contributed by atoms with Gasteiger partial charge in [-0.05, 0) is 63.8 Å². The summed E-state index contributed by atoms with van der Waals surface area (Å²) in [5, 5.41) is 10.5. The van der Waals surface area contributed by atoms with Crippen molar-refractivity contribution in [3.63, 3.8) is 0 Å². The summed E-state index contributed by atoms with van der Waals surface area (Å²) in [5.41, 5.74) is 4.17. The lowest BCUT2D eigenvalue weighted by Gasteiger charge is -2.12. The molecule has 0 aliphatic carbocycles. The van der Waals surface area contributed by atoms with E-state index in [0.717, 1.165) is 60.0 Å². The maximum Gasteiger partial charge on any atom is 0.191 e. The van der Waals surface area contributed by atoms with E-state index in [1.165, 1.54) is 6.07 Å². The van der Waals surface area contributed by atoms with Gasteiger partial charge in [0, 0.05) is 25.2 Å². The molecule has 2 rings (SSSR count). The standard InChI is InChI=1S/C19H27FN4O.HI/c1-5-21-19(23-11-9-18-14(3)24-25-15(18)4)22-10-8-16-6-7-17(20)12-13(16)2;/h6-7,12H,5,8-11H2,1-4H3,(H2,21,22,23);1H. The smallest absolute Gasteiger partial charge is 0.191 e. The lowest BCUT2D eigenvalue weighted by molar-refractivity contribution is 0.392. The first-order chi connectivity index (χ1) is 12.0. The molecule has 0 spiro atoms. The second-order valence-corrected chi connectivity index (χ2v) is 6.06. The third-order valence-corrected chi connectivity index (χ3v) is 4.15. The number of rotatable bonds is 7. The average Bonchev–Trinajstić information content (AvgIpc) is 2.88. The summed E-state index contributed by atoms with van der Waals surface area (Å²) >= 11 is 0. The van der Waals surface area contributed by atoms with Crippen LogP contribution in [0.25, 0.3) is 0 Å². The molecule has 5 nitrogen and oxygen atoms in total. The number of aromatic nitrogens is 1. The van der Waals surface area contributed by atoms with E-state index in [9.17, 15) is 4.39 Å². The van der Waals surface area contributed by atoms with Crippen LogP contribution in [-0.2, 0) is 12.8 Å². The monoisotopic (exact) mass is 474 g/mol. The van der Waals surface area contributed by atoms with E-state index >= 15 is 0 Å². The van der Waals surface area contributed by atoms with Crippen LogP contribution in [-0.4, -0.2) is 30.8 Å². The third kappa shape index (κ3) is 6.59. The zero-order chi connectivity index (χ0) is 18.2. The van der Waals surface area contributed by atoms with E-state index in [4.69, 9.17) is 4.52 Å². The minimum Gasteiger partial charge on any atom is -0.361 e. The molecule has 0 saturated heterocycles. The Morgan fingerprint density at radius 2 is 1.96 bits per heavy atom.